The lowest BCUT2D eigenvalue weighted by Gasteiger charge is -2.09. The van der Waals surface area contributed by atoms with Crippen LogP contribution in [0.2, 0.25) is 0 Å². The zero-order valence-electron chi connectivity index (χ0n) is 11.7. The van der Waals surface area contributed by atoms with Crippen LogP contribution in [-0.2, 0) is 0 Å². The first-order valence-corrected chi connectivity index (χ1v) is 6.58. The summed E-state index contributed by atoms with van der Waals surface area (Å²) in [6, 6.07) is 13.1. The van der Waals surface area contributed by atoms with Gasteiger partial charge in [0, 0.05) is 0 Å². The van der Waals surface area contributed by atoms with Crippen molar-refractivity contribution in [1.29, 1.82) is 0 Å². The molecule has 0 aliphatic carbocycles. The molecule has 0 saturated heterocycles. The Morgan fingerprint density at radius 3 is 2.57 bits per heavy atom. The zero-order chi connectivity index (χ0) is 14.7. The molecule has 1 aromatic carbocycles. The highest BCUT2D eigenvalue weighted by atomic mass is 16.5. The van der Waals surface area contributed by atoms with Crippen LogP contribution in [0.1, 0.15) is 24.6 Å². The summed E-state index contributed by atoms with van der Waals surface area (Å²) in [5.41, 5.74) is 1.41. The Kier molecular flexibility index (Phi) is 3.59. The monoisotopic (exact) mass is 282 g/mol. The average molecular weight is 282 g/mol. The van der Waals surface area contributed by atoms with E-state index in [0.717, 1.165) is 11.4 Å². The highest BCUT2D eigenvalue weighted by Gasteiger charge is 2.17. The van der Waals surface area contributed by atoms with Crippen molar-refractivity contribution in [2.45, 2.75) is 20.0 Å². The summed E-state index contributed by atoms with van der Waals surface area (Å²) in [7, 11) is 0. The van der Waals surface area contributed by atoms with E-state index in [2.05, 4.69) is 20.3 Å². The fraction of sp³-hybridized carbons (Fsp3) is 0.200. The van der Waals surface area contributed by atoms with E-state index in [4.69, 9.17) is 9.26 Å². The lowest BCUT2D eigenvalue weighted by Crippen LogP contribution is -2.03. The second-order valence-corrected chi connectivity index (χ2v) is 4.59. The van der Waals surface area contributed by atoms with Gasteiger partial charge in [-0.3, -0.25) is 0 Å². The van der Waals surface area contributed by atoms with Gasteiger partial charge in [-0.1, -0.05) is 23.4 Å². The summed E-state index contributed by atoms with van der Waals surface area (Å²) < 4.78 is 11.0. The third-order valence-electron chi connectivity index (χ3n) is 2.87. The molecule has 3 rings (SSSR count). The zero-order valence-corrected chi connectivity index (χ0v) is 11.7. The normalized spacial score (nSPS) is 12.1. The molecule has 0 bridgehead atoms. The number of nitrogens with zero attached hydrogens (tertiary/aromatic N) is 4. The second kappa shape index (κ2) is 5.70. The molecule has 106 valence electrons. The van der Waals surface area contributed by atoms with E-state index in [1.54, 1.807) is 6.07 Å². The number of para-hydroxylation sites is 1. The van der Waals surface area contributed by atoms with Gasteiger partial charge in [0.1, 0.15) is 11.4 Å². The average Bonchev–Trinajstić information content (AvgIpc) is 2.99. The van der Waals surface area contributed by atoms with E-state index in [1.165, 1.54) is 0 Å². The third kappa shape index (κ3) is 3.05. The minimum Gasteiger partial charge on any atom is -0.481 e. The Morgan fingerprint density at radius 2 is 1.86 bits per heavy atom. The van der Waals surface area contributed by atoms with Crippen LogP contribution in [-0.4, -0.2) is 20.3 Å². The number of hydrogen-bond acceptors (Lipinski definition) is 6. The molecular formula is C15H14N4O2. The van der Waals surface area contributed by atoms with Crippen LogP contribution in [0.3, 0.4) is 0 Å². The van der Waals surface area contributed by atoms with E-state index in [-0.39, 0.29) is 6.10 Å². The van der Waals surface area contributed by atoms with Crippen molar-refractivity contribution in [2.24, 2.45) is 0 Å². The molecule has 0 aliphatic heterocycles. The minimum atomic E-state index is -0.341. The molecule has 6 heteroatoms. The molecule has 0 aliphatic rings. The molecule has 0 N–H and O–H groups in total. The van der Waals surface area contributed by atoms with Gasteiger partial charge >= 0.3 is 0 Å². The van der Waals surface area contributed by atoms with Gasteiger partial charge in [0.25, 0.3) is 5.89 Å². The number of benzene rings is 1. The topological polar surface area (TPSA) is 73.9 Å². The maximum atomic E-state index is 5.74. The fourth-order valence-corrected chi connectivity index (χ4v) is 1.78. The van der Waals surface area contributed by atoms with Gasteiger partial charge in [0.2, 0.25) is 5.82 Å². The quantitative estimate of drug-likeness (QED) is 0.732. The Bertz CT molecular complexity index is 710. The molecule has 1 atom stereocenters. The second-order valence-electron chi connectivity index (χ2n) is 4.59. The van der Waals surface area contributed by atoms with Crippen molar-refractivity contribution >= 4 is 0 Å². The van der Waals surface area contributed by atoms with Crippen molar-refractivity contribution < 1.29 is 9.26 Å². The van der Waals surface area contributed by atoms with Gasteiger partial charge in [0.15, 0.2) is 6.10 Å². The summed E-state index contributed by atoms with van der Waals surface area (Å²) >= 11 is 0. The van der Waals surface area contributed by atoms with Gasteiger partial charge in [-0.05, 0) is 38.1 Å². The van der Waals surface area contributed by atoms with Crippen molar-refractivity contribution in [2.75, 3.05) is 0 Å². The Labute approximate surface area is 121 Å². The van der Waals surface area contributed by atoms with Gasteiger partial charge < -0.3 is 9.26 Å². The van der Waals surface area contributed by atoms with Gasteiger partial charge in [-0.2, -0.15) is 10.1 Å². The molecule has 0 radical (unpaired) electrons. The summed E-state index contributed by atoms with van der Waals surface area (Å²) in [5.74, 6) is 1.55. The van der Waals surface area contributed by atoms with Gasteiger partial charge in [0.05, 0.1) is 5.69 Å². The van der Waals surface area contributed by atoms with Crippen LogP contribution >= 0.6 is 0 Å². The molecule has 0 saturated carbocycles. The van der Waals surface area contributed by atoms with Crippen LogP contribution in [0, 0.1) is 6.92 Å². The summed E-state index contributed by atoms with van der Waals surface area (Å²) in [4.78, 5) is 4.30. The molecule has 3 aromatic rings. The number of ether oxygens (including phenoxy) is 1. The van der Waals surface area contributed by atoms with Crippen molar-refractivity contribution in [1.82, 2.24) is 20.3 Å². The Morgan fingerprint density at radius 1 is 1.05 bits per heavy atom. The number of rotatable bonds is 4. The van der Waals surface area contributed by atoms with Crippen LogP contribution < -0.4 is 4.74 Å². The molecule has 0 fully saturated rings. The smallest absolute Gasteiger partial charge is 0.267 e. The lowest BCUT2D eigenvalue weighted by atomic mass is 10.3. The van der Waals surface area contributed by atoms with E-state index in [0.29, 0.717) is 17.4 Å². The number of aromatic nitrogens is 4. The first-order valence-electron chi connectivity index (χ1n) is 6.58. The first-order chi connectivity index (χ1) is 10.2. The largest absolute Gasteiger partial charge is 0.481 e. The Hall–Kier alpha value is -2.76. The van der Waals surface area contributed by atoms with Gasteiger partial charge in [-0.25, -0.2) is 0 Å². The molecule has 2 aromatic heterocycles. The predicted molar refractivity (Wildman–Crippen MR) is 75.5 cm³/mol. The molecule has 1 unspecified atom stereocenters. The maximum absolute atomic E-state index is 5.74. The minimum absolute atomic E-state index is 0.341. The Balaban J connectivity index is 1.76. The molecule has 0 amide bonds. The fourth-order valence-electron chi connectivity index (χ4n) is 1.78. The molecule has 6 nitrogen and oxygen atoms in total. The maximum Gasteiger partial charge on any atom is 0.267 e. The number of hydrogen-bond donors (Lipinski definition) is 0. The van der Waals surface area contributed by atoms with E-state index < -0.39 is 0 Å². The van der Waals surface area contributed by atoms with Crippen LogP contribution in [0.15, 0.2) is 47.0 Å². The molecule has 21 heavy (non-hydrogen) atoms. The van der Waals surface area contributed by atoms with Crippen molar-refractivity contribution in [3.05, 3.63) is 54.0 Å². The first kappa shape index (κ1) is 13.2. The van der Waals surface area contributed by atoms with E-state index in [9.17, 15) is 0 Å². The standard InChI is InChI=1S/C15H14N4O2/c1-10-8-9-13(18-17-10)14-16-15(21-19-14)11(2)20-12-6-4-3-5-7-12/h3-9,11H,1-2H3. The van der Waals surface area contributed by atoms with Crippen LogP contribution in [0.25, 0.3) is 11.5 Å². The predicted octanol–water partition coefficient (Wildman–Crippen LogP) is 2.98. The van der Waals surface area contributed by atoms with E-state index in [1.807, 2.05) is 50.2 Å². The summed E-state index contributed by atoms with van der Waals surface area (Å²) in [6.07, 6.45) is -0.341. The highest BCUT2D eigenvalue weighted by Crippen LogP contribution is 2.22. The highest BCUT2D eigenvalue weighted by molar-refractivity contribution is 5.46. The van der Waals surface area contributed by atoms with Crippen molar-refractivity contribution in [3.8, 4) is 17.3 Å². The molecular weight excluding hydrogens is 268 g/mol. The molecule has 2 heterocycles. The SMILES string of the molecule is Cc1ccc(-c2noc(C(C)Oc3ccccc3)n2)nn1. The summed E-state index contributed by atoms with van der Waals surface area (Å²) in [5, 5.41) is 11.9. The van der Waals surface area contributed by atoms with Crippen LogP contribution in [0.5, 0.6) is 5.75 Å². The summed E-state index contributed by atoms with van der Waals surface area (Å²) in [6.45, 7) is 3.72. The lowest BCUT2D eigenvalue weighted by molar-refractivity contribution is 0.176. The van der Waals surface area contributed by atoms with Crippen LogP contribution in [0.4, 0.5) is 0 Å². The number of aryl methyl sites for hydroxylation is 1. The van der Waals surface area contributed by atoms with Crippen molar-refractivity contribution in [3.63, 3.8) is 0 Å². The van der Waals surface area contributed by atoms with E-state index >= 15 is 0 Å². The molecule has 0 spiro atoms. The third-order valence-corrected chi connectivity index (χ3v) is 2.87. The van der Waals surface area contributed by atoms with Gasteiger partial charge in [-0.15, -0.1) is 5.10 Å².